The summed E-state index contributed by atoms with van der Waals surface area (Å²) in [5.74, 6) is 1.46. The summed E-state index contributed by atoms with van der Waals surface area (Å²) in [6, 6.07) is 13.1. The highest BCUT2D eigenvalue weighted by atomic mass is 14.9. The number of benzene rings is 2. The third-order valence-electron chi connectivity index (χ3n) is 5.55. The Labute approximate surface area is 150 Å². The molecule has 1 aliphatic carbocycles. The van der Waals surface area contributed by atoms with E-state index in [1.807, 2.05) is 6.20 Å². The van der Waals surface area contributed by atoms with E-state index in [2.05, 4.69) is 64.1 Å². The number of hydrogen-bond donors (Lipinski definition) is 0. The molecule has 1 heterocycles. The molecule has 1 saturated carbocycles. The predicted molar refractivity (Wildman–Crippen MR) is 105 cm³/mol. The van der Waals surface area contributed by atoms with Gasteiger partial charge in [-0.2, -0.15) is 0 Å². The molecule has 0 N–H and O–H groups in total. The lowest BCUT2D eigenvalue weighted by atomic mass is 9.87. The van der Waals surface area contributed by atoms with E-state index in [-0.39, 0.29) is 0 Å². The van der Waals surface area contributed by atoms with Gasteiger partial charge in [0.05, 0.1) is 5.52 Å². The minimum Gasteiger partial charge on any atom is -0.236 e. The molecule has 4 rings (SSSR count). The number of aryl methyl sites for hydroxylation is 2. The fourth-order valence-electron chi connectivity index (χ4n) is 4.38. The maximum Gasteiger partial charge on any atom is 0.159 e. The summed E-state index contributed by atoms with van der Waals surface area (Å²) in [5.41, 5.74) is 6.54. The van der Waals surface area contributed by atoms with Crippen LogP contribution in [0.2, 0.25) is 0 Å². The third kappa shape index (κ3) is 3.18. The molecule has 0 aliphatic heterocycles. The van der Waals surface area contributed by atoms with E-state index in [9.17, 15) is 0 Å². The van der Waals surface area contributed by atoms with E-state index in [4.69, 9.17) is 9.97 Å². The van der Waals surface area contributed by atoms with Crippen molar-refractivity contribution in [2.45, 2.75) is 52.9 Å². The minimum atomic E-state index is 0.451. The van der Waals surface area contributed by atoms with Crippen molar-refractivity contribution in [3.8, 4) is 11.4 Å². The highest BCUT2D eigenvalue weighted by Gasteiger charge is 2.32. The largest absolute Gasteiger partial charge is 0.236 e. The Morgan fingerprint density at radius 1 is 1.04 bits per heavy atom. The molecule has 2 nitrogen and oxygen atoms in total. The molecular formula is C23H26N2. The van der Waals surface area contributed by atoms with Gasteiger partial charge in [-0.15, -0.1) is 0 Å². The van der Waals surface area contributed by atoms with Crippen LogP contribution in [-0.2, 0) is 0 Å². The van der Waals surface area contributed by atoms with Gasteiger partial charge in [-0.05, 0) is 68.2 Å². The van der Waals surface area contributed by atoms with Gasteiger partial charge in [-0.1, -0.05) is 43.2 Å². The molecule has 25 heavy (non-hydrogen) atoms. The van der Waals surface area contributed by atoms with Crippen LogP contribution in [0.5, 0.6) is 0 Å². The van der Waals surface area contributed by atoms with Gasteiger partial charge in [-0.3, -0.25) is 0 Å². The second-order valence-electron chi connectivity index (χ2n) is 8.45. The first-order chi connectivity index (χ1) is 11.9. The lowest BCUT2D eigenvalue weighted by Gasteiger charge is -2.18. The van der Waals surface area contributed by atoms with Crippen LogP contribution in [0.4, 0.5) is 0 Å². The summed E-state index contributed by atoms with van der Waals surface area (Å²) >= 11 is 0. The van der Waals surface area contributed by atoms with E-state index in [1.54, 1.807) is 0 Å². The predicted octanol–water partition coefficient (Wildman–Crippen LogP) is 6.21. The Morgan fingerprint density at radius 2 is 1.80 bits per heavy atom. The number of nitrogens with zero attached hydrogens (tertiary/aromatic N) is 2. The Bertz CT molecular complexity index is 920. The fourth-order valence-corrected chi connectivity index (χ4v) is 4.38. The van der Waals surface area contributed by atoms with Gasteiger partial charge >= 0.3 is 0 Å². The Morgan fingerprint density at radius 3 is 2.48 bits per heavy atom. The van der Waals surface area contributed by atoms with Crippen molar-refractivity contribution in [1.82, 2.24) is 9.97 Å². The van der Waals surface area contributed by atoms with Gasteiger partial charge in [0.25, 0.3) is 0 Å². The number of rotatable bonds is 2. The van der Waals surface area contributed by atoms with Crippen LogP contribution in [0.25, 0.3) is 22.3 Å². The first-order valence-electron chi connectivity index (χ1n) is 9.26. The van der Waals surface area contributed by atoms with Crippen LogP contribution < -0.4 is 0 Å². The SMILES string of the molecule is Cc1cc(C)cc(-c2ncc3c(C4CCC(C)(C)C4)cccc3n2)c1. The first-order valence-corrected chi connectivity index (χ1v) is 9.26. The molecule has 2 aromatic carbocycles. The lowest BCUT2D eigenvalue weighted by Crippen LogP contribution is -2.05. The highest BCUT2D eigenvalue weighted by molar-refractivity contribution is 5.83. The monoisotopic (exact) mass is 330 g/mol. The standard InChI is InChI=1S/C23H26N2/c1-15-10-16(2)12-18(11-15)22-24-14-20-19(6-5-7-21(20)25-22)17-8-9-23(3,4)13-17/h5-7,10-12,14,17H,8-9,13H2,1-4H3. The molecule has 1 fully saturated rings. The average Bonchev–Trinajstić information content (AvgIpc) is 2.92. The number of aromatic nitrogens is 2. The van der Waals surface area contributed by atoms with E-state index < -0.39 is 0 Å². The van der Waals surface area contributed by atoms with Crippen LogP contribution in [-0.4, -0.2) is 9.97 Å². The van der Waals surface area contributed by atoms with Crippen molar-refractivity contribution in [2.75, 3.05) is 0 Å². The van der Waals surface area contributed by atoms with E-state index in [1.165, 1.54) is 41.3 Å². The van der Waals surface area contributed by atoms with E-state index in [0.29, 0.717) is 11.3 Å². The fraction of sp³-hybridized carbons (Fsp3) is 0.391. The molecule has 128 valence electrons. The van der Waals surface area contributed by atoms with Crippen LogP contribution in [0, 0.1) is 19.3 Å². The van der Waals surface area contributed by atoms with Gasteiger partial charge in [0.15, 0.2) is 5.82 Å². The zero-order valence-electron chi connectivity index (χ0n) is 15.6. The quantitative estimate of drug-likeness (QED) is 0.558. The van der Waals surface area contributed by atoms with Crippen molar-refractivity contribution >= 4 is 10.9 Å². The molecule has 1 unspecified atom stereocenters. The van der Waals surface area contributed by atoms with Crippen molar-refractivity contribution in [3.63, 3.8) is 0 Å². The molecule has 0 radical (unpaired) electrons. The normalized spacial score (nSPS) is 19.4. The van der Waals surface area contributed by atoms with Gasteiger partial charge in [-0.25, -0.2) is 9.97 Å². The van der Waals surface area contributed by atoms with Crippen LogP contribution in [0.3, 0.4) is 0 Å². The molecular weight excluding hydrogens is 304 g/mol. The second-order valence-corrected chi connectivity index (χ2v) is 8.45. The van der Waals surface area contributed by atoms with Crippen LogP contribution in [0.1, 0.15) is 55.7 Å². The summed E-state index contributed by atoms with van der Waals surface area (Å²) in [4.78, 5) is 9.60. The molecule has 0 amide bonds. The van der Waals surface area contributed by atoms with E-state index in [0.717, 1.165) is 16.9 Å². The maximum absolute atomic E-state index is 4.88. The lowest BCUT2D eigenvalue weighted by molar-refractivity contribution is 0.376. The molecule has 0 spiro atoms. The molecule has 1 aliphatic rings. The van der Waals surface area contributed by atoms with Gasteiger partial charge < -0.3 is 0 Å². The zero-order valence-corrected chi connectivity index (χ0v) is 15.6. The molecule has 1 aromatic heterocycles. The molecule has 0 saturated heterocycles. The summed E-state index contributed by atoms with van der Waals surface area (Å²) in [6.07, 6.45) is 5.86. The maximum atomic E-state index is 4.88. The molecule has 0 bridgehead atoms. The van der Waals surface area contributed by atoms with Crippen molar-refractivity contribution in [3.05, 3.63) is 59.3 Å². The van der Waals surface area contributed by atoms with Crippen molar-refractivity contribution in [1.29, 1.82) is 0 Å². The Balaban J connectivity index is 1.78. The zero-order chi connectivity index (χ0) is 17.6. The van der Waals surface area contributed by atoms with E-state index >= 15 is 0 Å². The topological polar surface area (TPSA) is 25.8 Å². The molecule has 2 heteroatoms. The Hall–Kier alpha value is -2.22. The second kappa shape index (κ2) is 5.94. The van der Waals surface area contributed by atoms with Crippen LogP contribution >= 0.6 is 0 Å². The smallest absolute Gasteiger partial charge is 0.159 e. The molecule has 3 aromatic rings. The summed E-state index contributed by atoms with van der Waals surface area (Å²) in [6.45, 7) is 9.01. The summed E-state index contributed by atoms with van der Waals surface area (Å²) < 4.78 is 0. The van der Waals surface area contributed by atoms with Crippen molar-refractivity contribution < 1.29 is 0 Å². The third-order valence-corrected chi connectivity index (χ3v) is 5.55. The highest BCUT2D eigenvalue weighted by Crippen LogP contribution is 2.47. The Kier molecular flexibility index (Phi) is 3.87. The van der Waals surface area contributed by atoms with Crippen molar-refractivity contribution in [2.24, 2.45) is 5.41 Å². The number of hydrogen-bond acceptors (Lipinski definition) is 2. The van der Waals surface area contributed by atoms with Gasteiger partial charge in [0, 0.05) is 17.1 Å². The number of fused-ring (bicyclic) bond motifs is 1. The summed E-state index contributed by atoms with van der Waals surface area (Å²) in [7, 11) is 0. The van der Waals surface area contributed by atoms with Gasteiger partial charge in [0.1, 0.15) is 0 Å². The summed E-state index contributed by atoms with van der Waals surface area (Å²) in [5, 5.41) is 1.22. The molecule has 1 atom stereocenters. The minimum absolute atomic E-state index is 0.451. The van der Waals surface area contributed by atoms with Gasteiger partial charge in [0.2, 0.25) is 0 Å². The first kappa shape index (κ1) is 16.3. The van der Waals surface area contributed by atoms with Crippen LogP contribution in [0.15, 0.2) is 42.6 Å². The average molecular weight is 330 g/mol.